The monoisotopic (exact) mass is 290 g/mol. The highest BCUT2D eigenvalue weighted by molar-refractivity contribution is 6.05. The molecule has 1 amide bonds. The van der Waals surface area contributed by atoms with Gasteiger partial charge in [-0.1, -0.05) is 48.5 Å². The van der Waals surface area contributed by atoms with E-state index in [-0.39, 0.29) is 5.56 Å². The normalized spacial score (nSPS) is 10.2. The van der Waals surface area contributed by atoms with Crippen LogP contribution in [0.4, 0.5) is 10.1 Å². The van der Waals surface area contributed by atoms with Crippen LogP contribution in [0.5, 0.6) is 0 Å². The Morgan fingerprint density at radius 3 is 2.50 bits per heavy atom. The molecule has 0 bridgehead atoms. The molecule has 3 heteroatoms. The van der Waals surface area contributed by atoms with Gasteiger partial charge < -0.3 is 5.32 Å². The molecule has 3 aromatic carbocycles. The van der Waals surface area contributed by atoms with E-state index in [4.69, 9.17) is 0 Å². The summed E-state index contributed by atoms with van der Waals surface area (Å²) in [5.74, 6) is -1.02. The number of carbonyl (C=O) groups excluding carboxylic acids is 1. The summed E-state index contributed by atoms with van der Waals surface area (Å²) in [6, 6.07) is 23.8. The predicted molar refractivity (Wildman–Crippen MR) is 85.1 cm³/mol. The van der Waals surface area contributed by atoms with E-state index in [1.54, 1.807) is 36.4 Å². The summed E-state index contributed by atoms with van der Waals surface area (Å²) in [7, 11) is 0. The van der Waals surface area contributed by atoms with Gasteiger partial charge in [0.15, 0.2) is 0 Å². The van der Waals surface area contributed by atoms with E-state index in [0.717, 1.165) is 11.1 Å². The molecule has 0 saturated heterocycles. The largest absolute Gasteiger partial charge is 0.322 e. The van der Waals surface area contributed by atoms with Gasteiger partial charge in [-0.05, 0) is 41.5 Å². The Morgan fingerprint density at radius 2 is 1.77 bits per heavy atom. The van der Waals surface area contributed by atoms with E-state index in [9.17, 15) is 9.18 Å². The van der Waals surface area contributed by atoms with Crippen LogP contribution in [-0.2, 0) is 0 Å². The van der Waals surface area contributed by atoms with Crippen molar-refractivity contribution < 1.29 is 9.18 Å². The van der Waals surface area contributed by atoms with Crippen molar-refractivity contribution in [3.8, 4) is 11.1 Å². The Labute approximate surface area is 128 Å². The maximum Gasteiger partial charge on any atom is 0.258 e. The van der Waals surface area contributed by atoms with Crippen LogP contribution in [-0.4, -0.2) is 5.91 Å². The summed E-state index contributed by atoms with van der Waals surface area (Å²) >= 11 is 0. The fraction of sp³-hybridized carbons (Fsp3) is 0. The summed E-state index contributed by atoms with van der Waals surface area (Å²) < 4.78 is 14.0. The predicted octanol–water partition coefficient (Wildman–Crippen LogP) is 4.55. The molecule has 22 heavy (non-hydrogen) atoms. The quantitative estimate of drug-likeness (QED) is 0.753. The third-order valence-corrected chi connectivity index (χ3v) is 3.28. The number of hydrogen-bond acceptors (Lipinski definition) is 1. The standard InChI is InChI=1S/C19H13FNO/c20-18-12-11-15(14-7-3-1-4-8-14)13-17(18)19(22)21-16-9-5-2-6-10-16/h1-5,7-13H,(H,21,22). The number of benzene rings is 3. The highest BCUT2D eigenvalue weighted by Gasteiger charge is 2.13. The van der Waals surface area contributed by atoms with E-state index < -0.39 is 11.7 Å². The van der Waals surface area contributed by atoms with E-state index >= 15 is 0 Å². The second kappa shape index (κ2) is 6.22. The molecule has 3 aromatic rings. The lowest BCUT2D eigenvalue weighted by molar-refractivity contribution is 0.102. The Hall–Kier alpha value is -2.94. The van der Waals surface area contributed by atoms with Crippen LogP contribution in [0.1, 0.15) is 10.4 Å². The van der Waals surface area contributed by atoms with Gasteiger partial charge in [0.25, 0.3) is 5.91 Å². The molecule has 107 valence electrons. The molecule has 1 radical (unpaired) electrons. The number of anilines is 1. The van der Waals surface area contributed by atoms with Crippen molar-refractivity contribution in [3.63, 3.8) is 0 Å². The highest BCUT2D eigenvalue weighted by Crippen LogP contribution is 2.22. The first-order valence-corrected chi connectivity index (χ1v) is 6.86. The molecule has 1 N–H and O–H groups in total. The molecule has 0 unspecified atom stereocenters. The first-order valence-electron chi connectivity index (χ1n) is 6.86. The molecule has 0 spiro atoms. The summed E-state index contributed by atoms with van der Waals surface area (Å²) in [5, 5.41) is 2.67. The van der Waals surface area contributed by atoms with Crippen LogP contribution in [0.3, 0.4) is 0 Å². The Morgan fingerprint density at radius 1 is 0.955 bits per heavy atom. The van der Waals surface area contributed by atoms with Gasteiger partial charge in [0.1, 0.15) is 5.82 Å². The van der Waals surface area contributed by atoms with Gasteiger partial charge in [0, 0.05) is 5.69 Å². The zero-order chi connectivity index (χ0) is 15.4. The Balaban J connectivity index is 1.91. The molecule has 0 aliphatic heterocycles. The van der Waals surface area contributed by atoms with Gasteiger partial charge in [0.05, 0.1) is 5.56 Å². The van der Waals surface area contributed by atoms with Crippen molar-refractivity contribution in [2.24, 2.45) is 0 Å². The van der Waals surface area contributed by atoms with E-state index in [1.165, 1.54) is 6.07 Å². The first kappa shape index (κ1) is 14.0. The zero-order valence-electron chi connectivity index (χ0n) is 11.7. The molecule has 0 saturated carbocycles. The summed E-state index contributed by atoms with van der Waals surface area (Å²) in [4.78, 5) is 12.3. The van der Waals surface area contributed by atoms with Crippen molar-refractivity contribution in [3.05, 3.63) is 90.2 Å². The molecule has 0 aliphatic carbocycles. The van der Waals surface area contributed by atoms with Gasteiger partial charge >= 0.3 is 0 Å². The molecule has 0 aromatic heterocycles. The van der Waals surface area contributed by atoms with E-state index in [2.05, 4.69) is 11.4 Å². The number of carbonyl (C=O) groups is 1. The van der Waals surface area contributed by atoms with Crippen LogP contribution in [0.2, 0.25) is 0 Å². The average Bonchev–Trinajstić information content (AvgIpc) is 2.57. The van der Waals surface area contributed by atoms with Crippen molar-refractivity contribution in [1.29, 1.82) is 0 Å². The smallest absolute Gasteiger partial charge is 0.258 e. The van der Waals surface area contributed by atoms with E-state index in [0.29, 0.717) is 5.69 Å². The Bertz CT molecular complexity index is 785. The first-order chi connectivity index (χ1) is 10.7. The van der Waals surface area contributed by atoms with Gasteiger partial charge in [-0.2, -0.15) is 0 Å². The van der Waals surface area contributed by atoms with E-state index in [1.807, 2.05) is 30.3 Å². The van der Waals surface area contributed by atoms with Gasteiger partial charge in [-0.3, -0.25) is 4.79 Å². The lowest BCUT2D eigenvalue weighted by Gasteiger charge is -2.08. The molecular formula is C19H13FNO. The third-order valence-electron chi connectivity index (χ3n) is 3.28. The summed E-state index contributed by atoms with van der Waals surface area (Å²) in [5.41, 5.74) is 2.33. The van der Waals surface area contributed by atoms with Gasteiger partial charge in [-0.25, -0.2) is 4.39 Å². The third kappa shape index (κ3) is 3.04. The van der Waals surface area contributed by atoms with Gasteiger partial charge in [-0.15, -0.1) is 0 Å². The number of nitrogens with one attached hydrogen (secondary N) is 1. The fourth-order valence-corrected chi connectivity index (χ4v) is 2.18. The lowest BCUT2D eigenvalue weighted by Crippen LogP contribution is -2.13. The van der Waals surface area contributed by atoms with Crippen molar-refractivity contribution in [1.82, 2.24) is 0 Å². The fourth-order valence-electron chi connectivity index (χ4n) is 2.18. The maximum atomic E-state index is 14.0. The molecular weight excluding hydrogens is 277 g/mol. The van der Waals surface area contributed by atoms with Crippen LogP contribution >= 0.6 is 0 Å². The number of halogens is 1. The van der Waals surface area contributed by atoms with Crippen LogP contribution in [0, 0.1) is 11.9 Å². The lowest BCUT2D eigenvalue weighted by atomic mass is 10.0. The minimum absolute atomic E-state index is 0.0187. The number of amides is 1. The topological polar surface area (TPSA) is 29.1 Å². The molecule has 0 heterocycles. The maximum absolute atomic E-state index is 14.0. The summed E-state index contributed by atoms with van der Waals surface area (Å²) in [6.45, 7) is 0. The summed E-state index contributed by atoms with van der Waals surface area (Å²) in [6.07, 6.45) is 0. The second-order valence-electron chi connectivity index (χ2n) is 4.81. The second-order valence-corrected chi connectivity index (χ2v) is 4.81. The average molecular weight is 290 g/mol. The molecule has 2 nitrogen and oxygen atoms in total. The molecule has 0 aliphatic rings. The van der Waals surface area contributed by atoms with Crippen molar-refractivity contribution in [2.75, 3.05) is 5.32 Å². The molecule has 0 atom stereocenters. The van der Waals surface area contributed by atoms with Crippen molar-refractivity contribution in [2.45, 2.75) is 0 Å². The molecule has 3 rings (SSSR count). The minimum Gasteiger partial charge on any atom is -0.322 e. The van der Waals surface area contributed by atoms with Gasteiger partial charge in [0.2, 0.25) is 0 Å². The molecule has 0 fully saturated rings. The number of hydrogen-bond donors (Lipinski definition) is 1. The number of rotatable bonds is 3. The highest BCUT2D eigenvalue weighted by atomic mass is 19.1. The van der Waals surface area contributed by atoms with Crippen molar-refractivity contribution >= 4 is 11.6 Å². The zero-order valence-corrected chi connectivity index (χ0v) is 11.7. The SMILES string of the molecule is O=C(Nc1c[c]ccc1)c1cc(-c2ccccc2)ccc1F. The van der Waals surface area contributed by atoms with Crippen LogP contribution in [0.15, 0.2) is 72.8 Å². The Kier molecular flexibility index (Phi) is 3.97. The van der Waals surface area contributed by atoms with Crippen LogP contribution in [0.25, 0.3) is 11.1 Å². The minimum atomic E-state index is -0.544. The van der Waals surface area contributed by atoms with Crippen LogP contribution < -0.4 is 5.32 Å².